The summed E-state index contributed by atoms with van der Waals surface area (Å²) in [6, 6.07) is 21.3. The van der Waals surface area contributed by atoms with Crippen LogP contribution in [0.1, 0.15) is 19.4 Å². The van der Waals surface area contributed by atoms with Crippen molar-refractivity contribution in [2.45, 2.75) is 37.8 Å². The van der Waals surface area contributed by atoms with Crippen LogP contribution in [0.2, 0.25) is 0 Å². The van der Waals surface area contributed by atoms with E-state index in [2.05, 4.69) is 5.32 Å². The largest absolute Gasteiger partial charge is 0.487 e. The third kappa shape index (κ3) is 6.01. The van der Waals surface area contributed by atoms with Crippen molar-refractivity contribution in [1.29, 1.82) is 0 Å². The molecule has 2 N–H and O–H groups in total. The van der Waals surface area contributed by atoms with E-state index in [1.54, 1.807) is 32.2 Å². The van der Waals surface area contributed by atoms with Gasteiger partial charge in [0, 0.05) is 31.2 Å². The summed E-state index contributed by atoms with van der Waals surface area (Å²) in [5, 5.41) is 12.7. The molecule has 9 heteroatoms. The van der Waals surface area contributed by atoms with Gasteiger partial charge in [0.2, 0.25) is 10.0 Å². The summed E-state index contributed by atoms with van der Waals surface area (Å²) in [6.07, 6.45) is -0.502. The minimum absolute atomic E-state index is 0.0435. The molecule has 0 bridgehead atoms. The number of carbonyl (C=O) groups excluding carboxylic acids is 1. The van der Waals surface area contributed by atoms with Gasteiger partial charge in [0.05, 0.1) is 13.2 Å². The lowest BCUT2D eigenvalue weighted by atomic mass is 10.0. The Labute approximate surface area is 224 Å². The first kappa shape index (κ1) is 27.6. The quantitative estimate of drug-likeness (QED) is 0.479. The van der Waals surface area contributed by atoms with Gasteiger partial charge in [0.25, 0.3) is 0 Å². The number of ether oxygens (including phenoxy) is 1. The third-order valence-corrected chi connectivity index (χ3v) is 8.90. The minimum Gasteiger partial charge on any atom is -0.487 e. The van der Waals surface area contributed by atoms with Crippen LogP contribution in [-0.2, 0) is 10.0 Å². The maximum Gasteiger partial charge on any atom is 0.321 e. The number of nitrogens with one attached hydrogen (secondary N) is 1. The normalized spacial score (nSPS) is 19.8. The summed E-state index contributed by atoms with van der Waals surface area (Å²) in [5.74, 6) is -0.0476. The summed E-state index contributed by atoms with van der Waals surface area (Å²) < 4.78 is 35.2. The van der Waals surface area contributed by atoms with Gasteiger partial charge in [-0.15, -0.1) is 0 Å². The van der Waals surface area contributed by atoms with Crippen LogP contribution in [0, 0.1) is 12.8 Å². The van der Waals surface area contributed by atoms with Gasteiger partial charge in [-0.2, -0.15) is 4.31 Å². The lowest BCUT2D eigenvalue weighted by Gasteiger charge is -2.37. The highest BCUT2D eigenvalue weighted by Crippen LogP contribution is 2.36. The molecule has 0 saturated carbocycles. The molecule has 0 saturated heterocycles. The lowest BCUT2D eigenvalue weighted by molar-refractivity contribution is 0.0830. The number of hydrogen-bond acceptors (Lipinski definition) is 5. The van der Waals surface area contributed by atoms with Crippen molar-refractivity contribution < 1.29 is 23.1 Å². The van der Waals surface area contributed by atoms with Crippen molar-refractivity contribution in [2.75, 3.05) is 32.1 Å². The maximum absolute atomic E-state index is 13.7. The van der Waals surface area contributed by atoms with Crippen molar-refractivity contribution in [2.24, 2.45) is 5.92 Å². The van der Waals surface area contributed by atoms with E-state index in [-0.39, 0.29) is 42.3 Å². The van der Waals surface area contributed by atoms with Crippen LogP contribution in [0.15, 0.2) is 77.7 Å². The van der Waals surface area contributed by atoms with Crippen LogP contribution >= 0.6 is 0 Å². The topological polar surface area (TPSA) is 99.2 Å². The van der Waals surface area contributed by atoms with Crippen molar-refractivity contribution >= 4 is 21.7 Å². The number of aliphatic hydroxyl groups is 1. The average molecular weight is 538 g/mol. The molecule has 38 heavy (non-hydrogen) atoms. The number of sulfonamides is 1. The first-order chi connectivity index (χ1) is 18.1. The molecule has 0 aromatic heterocycles. The Morgan fingerprint density at radius 1 is 1.11 bits per heavy atom. The Bertz CT molecular complexity index is 1360. The molecule has 0 aliphatic carbocycles. The molecule has 0 fully saturated rings. The fourth-order valence-electron chi connectivity index (χ4n) is 4.46. The number of likely N-dealkylation sites (N-methyl/N-ethyl adjacent to an activating group) is 1. The van der Waals surface area contributed by atoms with Gasteiger partial charge in [-0.1, -0.05) is 61.0 Å². The van der Waals surface area contributed by atoms with E-state index in [0.29, 0.717) is 5.69 Å². The van der Waals surface area contributed by atoms with E-state index < -0.39 is 22.2 Å². The molecule has 202 valence electrons. The molecule has 8 nitrogen and oxygen atoms in total. The molecule has 4 rings (SSSR count). The van der Waals surface area contributed by atoms with Crippen LogP contribution < -0.4 is 10.1 Å². The number of aryl methyl sites for hydroxylation is 1. The number of rotatable bonds is 6. The Balaban J connectivity index is 1.69. The zero-order valence-corrected chi connectivity index (χ0v) is 23.0. The zero-order valence-electron chi connectivity index (χ0n) is 22.2. The number of hydrogen-bond donors (Lipinski definition) is 2. The number of urea groups is 1. The van der Waals surface area contributed by atoms with E-state index in [1.165, 1.54) is 9.21 Å². The molecule has 2 amide bonds. The number of benzene rings is 3. The van der Waals surface area contributed by atoms with Crippen LogP contribution in [0.25, 0.3) is 11.1 Å². The molecule has 1 aliphatic rings. The standard InChI is InChI=1S/C29H35N3O5S/c1-20-10-12-23(13-11-20)24-14-15-28-26(16-24)37-27(21(2)17-32(22(3)19-33)38(28,35)36)18-31(4)29(34)30-25-8-6-5-7-9-25/h5-16,21-22,27,33H,17-19H2,1-4H3,(H,30,34)/t21-,22+,27+/m0/s1. The first-order valence-corrected chi connectivity index (χ1v) is 14.1. The van der Waals surface area contributed by atoms with Crippen molar-refractivity contribution in [3.8, 4) is 16.9 Å². The van der Waals surface area contributed by atoms with Crippen molar-refractivity contribution in [1.82, 2.24) is 9.21 Å². The molecule has 3 atom stereocenters. The van der Waals surface area contributed by atoms with Gasteiger partial charge >= 0.3 is 6.03 Å². The predicted molar refractivity (Wildman–Crippen MR) is 149 cm³/mol. The summed E-state index contributed by atoms with van der Waals surface area (Å²) >= 11 is 0. The molecule has 3 aromatic carbocycles. The van der Waals surface area contributed by atoms with Gasteiger partial charge in [-0.05, 0) is 49.2 Å². The second-order valence-electron chi connectivity index (χ2n) is 9.94. The lowest BCUT2D eigenvalue weighted by Crippen LogP contribution is -2.50. The Kier molecular flexibility index (Phi) is 8.40. The van der Waals surface area contributed by atoms with E-state index in [1.807, 2.05) is 68.4 Å². The van der Waals surface area contributed by atoms with E-state index in [0.717, 1.165) is 16.7 Å². The summed E-state index contributed by atoms with van der Waals surface area (Å²) in [6.45, 7) is 5.65. The van der Waals surface area contributed by atoms with Crippen LogP contribution in [0.5, 0.6) is 5.75 Å². The van der Waals surface area contributed by atoms with Gasteiger partial charge in [0.15, 0.2) is 0 Å². The number of amides is 2. The molecule has 1 aliphatic heterocycles. The van der Waals surface area contributed by atoms with E-state index in [9.17, 15) is 18.3 Å². The Morgan fingerprint density at radius 2 is 1.76 bits per heavy atom. The molecule has 0 unspecified atom stereocenters. The van der Waals surface area contributed by atoms with Crippen molar-refractivity contribution in [3.63, 3.8) is 0 Å². The zero-order chi connectivity index (χ0) is 27.4. The molecular weight excluding hydrogens is 502 g/mol. The van der Waals surface area contributed by atoms with E-state index >= 15 is 0 Å². The molecular formula is C29H35N3O5S. The van der Waals surface area contributed by atoms with Gasteiger partial charge in [-0.3, -0.25) is 0 Å². The van der Waals surface area contributed by atoms with Crippen LogP contribution in [-0.4, -0.2) is 67.7 Å². The second kappa shape index (κ2) is 11.6. The molecule has 3 aromatic rings. The van der Waals surface area contributed by atoms with Crippen LogP contribution in [0.3, 0.4) is 0 Å². The number of anilines is 1. The first-order valence-electron chi connectivity index (χ1n) is 12.7. The van der Waals surface area contributed by atoms with Crippen LogP contribution in [0.4, 0.5) is 10.5 Å². The van der Waals surface area contributed by atoms with Gasteiger partial charge in [0.1, 0.15) is 16.7 Å². The summed E-state index contributed by atoms with van der Waals surface area (Å²) in [5.41, 5.74) is 3.56. The fraction of sp³-hybridized carbons (Fsp3) is 0.345. The van der Waals surface area contributed by atoms with E-state index in [4.69, 9.17) is 4.74 Å². The molecule has 0 radical (unpaired) electrons. The highest BCUT2D eigenvalue weighted by Gasteiger charge is 2.38. The SMILES string of the molecule is Cc1ccc(-c2ccc3c(c2)O[C@H](CN(C)C(=O)Nc2ccccc2)[C@@H](C)CN([C@H](C)CO)S3(=O)=O)cc1. The smallest absolute Gasteiger partial charge is 0.321 e. The molecule has 1 heterocycles. The number of carbonyl (C=O) groups is 1. The second-order valence-corrected chi connectivity index (χ2v) is 11.8. The molecule has 0 spiro atoms. The highest BCUT2D eigenvalue weighted by atomic mass is 32.2. The fourth-order valence-corrected chi connectivity index (χ4v) is 6.29. The van der Waals surface area contributed by atoms with Gasteiger partial charge < -0.3 is 20.1 Å². The Hall–Kier alpha value is -3.40. The number of nitrogens with zero attached hydrogens (tertiary/aromatic N) is 2. The number of fused-ring (bicyclic) bond motifs is 1. The number of aliphatic hydroxyl groups excluding tert-OH is 1. The number of para-hydroxylation sites is 1. The van der Waals surface area contributed by atoms with Crippen molar-refractivity contribution in [3.05, 3.63) is 78.4 Å². The highest BCUT2D eigenvalue weighted by molar-refractivity contribution is 7.89. The average Bonchev–Trinajstić information content (AvgIpc) is 2.91. The summed E-state index contributed by atoms with van der Waals surface area (Å²) in [7, 11) is -2.26. The summed E-state index contributed by atoms with van der Waals surface area (Å²) in [4.78, 5) is 14.5. The maximum atomic E-state index is 13.7. The minimum atomic E-state index is -3.95. The Morgan fingerprint density at radius 3 is 2.42 bits per heavy atom. The monoisotopic (exact) mass is 537 g/mol. The van der Waals surface area contributed by atoms with Gasteiger partial charge in [-0.25, -0.2) is 13.2 Å². The predicted octanol–water partition coefficient (Wildman–Crippen LogP) is 4.59. The third-order valence-electron chi connectivity index (χ3n) is 6.88.